The molecule has 4 aromatic rings. The van der Waals surface area contributed by atoms with E-state index in [1.807, 2.05) is 42.5 Å². The van der Waals surface area contributed by atoms with Crippen LogP contribution in [0.25, 0.3) is 28.2 Å². The van der Waals surface area contributed by atoms with Gasteiger partial charge in [0.2, 0.25) is 0 Å². The molecule has 0 aliphatic rings. The fourth-order valence-corrected chi connectivity index (χ4v) is 3.11. The number of furan rings is 1. The Morgan fingerprint density at radius 3 is 2.58 bits per heavy atom. The number of hydrogen-bond donors (Lipinski definition) is 1. The molecule has 4 rings (SSSR count). The lowest BCUT2D eigenvalue weighted by Crippen LogP contribution is -2.13. The Hall–Kier alpha value is -4.70. The molecule has 150 valence electrons. The maximum Gasteiger partial charge on any atom is 0.270 e. The largest absolute Gasteiger partial charge is 0.457 e. The van der Waals surface area contributed by atoms with Gasteiger partial charge in [0.15, 0.2) is 0 Å². The van der Waals surface area contributed by atoms with E-state index in [1.54, 1.807) is 30.3 Å². The molecule has 1 N–H and O–H groups in total. The molecule has 1 aromatic heterocycles. The van der Waals surface area contributed by atoms with Gasteiger partial charge in [0.05, 0.1) is 4.92 Å². The number of benzene rings is 3. The summed E-state index contributed by atoms with van der Waals surface area (Å²) in [7, 11) is 0. The number of nitro groups is 1. The molecule has 0 saturated carbocycles. The molecule has 1 amide bonds. The van der Waals surface area contributed by atoms with Crippen LogP contribution in [0.1, 0.15) is 5.76 Å². The standard InChI is InChI=1S/C24H15N3O4/c25-15-19(24(28)26-20-9-8-16-4-1-2-5-17(16)12-20)14-22-10-11-23(31-22)18-6-3-7-21(13-18)27(29)30/h1-14H,(H,26,28)/b19-14+. The second-order valence-electron chi connectivity index (χ2n) is 6.70. The first kappa shape index (κ1) is 19.6. The zero-order valence-corrected chi connectivity index (χ0v) is 16.1. The van der Waals surface area contributed by atoms with Gasteiger partial charge in [-0.2, -0.15) is 5.26 Å². The SMILES string of the molecule is N#C/C(=C\c1ccc(-c2cccc([N+](=O)[O-])c2)o1)C(=O)Nc1ccc2ccccc2c1. The van der Waals surface area contributed by atoms with Gasteiger partial charge in [-0.3, -0.25) is 14.9 Å². The lowest BCUT2D eigenvalue weighted by molar-refractivity contribution is -0.384. The van der Waals surface area contributed by atoms with E-state index in [2.05, 4.69) is 5.32 Å². The predicted octanol–water partition coefficient (Wildman–Crippen LogP) is 5.55. The van der Waals surface area contributed by atoms with Gasteiger partial charge in [-0.1, -0.05) is 42.5 Å². The van der Waals surface area contributed by atoms with Gasteiger partial charge in [-0.05, 0) is 35.0 Å². The van der Waals surface area contributed by atoms with Crippen LogP contribution in [0.15, 0.2) is 88.9 Å². The Kier molecular flexibility index (Phi) is 5.28. The molecule has 3 aromatic carbocycles. The molecular weight excluding hydrogens is 394 g/mol. The number of non-ortho nitro benzene ring substituents is 1. The quantitative estimate of drug-likeness (QED) is 0.201. The Morgan fingerprint density at radius 2 is 1.81 bits per heavy atom. The molecular formula is C24H15N3O4. The minimum atomic E-state index is -0.564. The lowest BCUT2D eigenvalue weighted by atomic mass is 10.1. The van der Waals surface area contributed by atoms with Crippen LogP contribution in [-0.4, -0.2) is 10.8 Å². The van der Waals surface area contributed by atoms with Crippen molar-refractivity contribution in [2.75, 3.05) is 5.32 Å². The van der Waals surface area contributed by atoms with Crippen LogP contribution in [0, 0.1) is 21.4 Å². The minimum absolute atomic E-state index is 0.0570. The third-order valence-corrected chi connectivity index (χ3v) is 4.63. The van der Waals surface area contributed by atoms with Gasteiger partial charge >= 0.3 is 0 Å². The van der Waals surface area contributed by atoms with Crippen molar-refractivity contribution in [1.82, 2.24) is 0 Å². The molecule has 0 saturated heterocycles. The van der Waals surface area contributed by atoms with Crippen LogP contribution in [0.2, 0.25) is 0 Å². The average molecular weight is 409 g/mol. The summed E-state index contributed by atoms with van der Waals surface area (Å²) in [4.78, 5) is 23.0. The topological polar surface area (TPSA) is 109 Å². The first-order chi connectivity index (χ1) is 15.0. The molecule has 0 fully saturated rings. The average Bonchev–Trinajstić information content (AvgIpc) is 3.26. The van der Waals surface area contributed by atoms with Gasteiger partial charge in [0.25, 0.3) is 11.6 Å². The second-order valence-corrected chi connectivity index (χ2v) is 6.70. The molecule has 7 heteroatoms. The molecule has 0 aliphatic carbocycles. The zero-order valence-electron chi connectivity index (χ0n) is 16.1. The van der Waals surface area contributed by atoms with E-state index in [0.29, 0.717) is 17.0 Å². The van der Waals surface area contributed by atoms with Crippen molar-refractivity contribution >= 4 is 34.1 Å². The van der Waals surface area contributed by atoms with E-state index in [9.17, 15) is 20.2 Å². The van der Waals surface area contributed by atoms with Crippen LogP contribution in [0.3, 0.4) is 0 Å². The van der Waals surface area contributed by atoms with Crippen molar-refractivity contribution in [1.29, 1.82) is 5.26 Å². The number of carbonyl (C=O) groups is 1. The van der Waals surface area contributed by atoms with Crippen LogP contribution >= 0.6 is 0 Å². The lowest BCUT2D eigenvalue weighted by Gasteiger charge is -2.05. The maximum absolute atomic E-state index is 12.6. The molecule has 7 nitrogen and oxygen atoms in total. The first-order valence-corrected chi connectivity index (χ1v) is 9.30. The van der Waals surface area contributed by atoms with Crippen molar-refractivity contribution in [3.63, 3.8) is 0 Å². The molecule has 1 heterocycles. The van der Waals surface area contributed by atoms with Crippen LogP contribution in [0.4, 0.5) is 11.4 Å². The summed E-state index contributed by atoms with van der Waals surface area (Å²) in [5, 5.41) is 25.1. The minimum Gasteiger partial charge on any atom is -0.457 e. The molecule has 0 radical (unpaired) electrons. The number of amides is 1. The highest BCUT2D eigenvalue weighted by molar-refractivity contribution is 6.10. The summed E-state index contributed by atoms with van der Waals surface area (Å²) in [5.74, 6) is 0.111. The molecule has 0 aliphatic heterocycles. The van der Waals surface area contributed by atoms with Crippen molar-refractivity contribution in [3.8, 4) is 17.4 Å². The highest BCUT2D eigenvalue weighted by Gasteiger charge is 2.13. The van der Waals surface area contributed by atoms with Crippen LogP contribution < -0.4 is 5.32 Å². The summed E-state index contributed by atoms with van der Waals surface area (Å²) >= 11 is 0. The Labute approximate surface area is 177 Å². The normalized spacial score (nSPS) is 11.1. The zero-order chi connectivity index (χ0) is 21.8. The van der Waals surface area contributed by atoms with Crippen molar-refractivity contribution in [2.45, 2.75) is 0 Å². The van der Waals surface area contributed by atoms with Crippen LogP contribution in [-0.2, 0) is 4.79 Å². The number of rotatable bonds is 5. The fraction of sp³-hybridized carbons (Fsp3) is 0. The van der Waals surface area contributed by atoms with Crippen molar-refractivity contribution in [3.05, 3.63) is 100 Å². The van der Waals surface area contributed by atoms with Gasteiger partial charge in [-0.15, -0.1) is 0 Å². The van der Waals surface area contributed by atoms with E-state index in [1.165, 1.54) is 18.2 Å². The Bertz CT molecular complexity index is 1380. The van der Waals surface area contributed by atoms with E-state index >= 15 is 0 Å². The monoisotopic (exact) mass is 409 g/mol. The van der Waals surface area contributed by atoms with Gasteiger partial charge < -0.3 is 9.73 Å². The number of nitriles is 1. The number of nitrogens with zero attached hydrogens (tertiary/aromatic N) is 2. The molecule has 0 bridgehead atoms. The van der Waals surface area contributed by atoms with Crippen molar-refractivity contribution in [2.24, 2.45) is 0 Å². The smallest absolute Gasteiger partial charge is 0.270 e. The maximum atomic E-state index is 12.6. The number of nitrogens with one attached hydrogen (secondary N) is 1. The number of nitro benzene ring substituents is 1. The number of carbonyl (C=O) groups excluding carboxylic acids is 1. The fourth-order valence-electron chi connectivity index (χ4n) is 3.11. The van der Waals surface area contributed by atoms with E-state index in [4.69, 9.17) is 4.42 Å². The van der Waals surface area contributed by atoms with Gasteiger partial charge in [0, 0.05) is 29.5 Å². The first-order valence-electron chi connectivity index (χ1n) is 9.30. The summed E-state index contributed by atoms with van der Waals surface area (Å²) in [5.41, 5.74) is 0.904. The molecule has 0 spiro atoms. The molecule has 0 atom stereocenters. The summed E-state index contributed by atoms with van der Waals surface area (Å²) in [6, 6.07) is 24.3. The molecule has 31 heavy (non-hydrogen) atoms. The van der Waals surface area contributed by atoms with Crippen molar-refractivity contribution < 1.29 is 14.1 Å². The second kappa shape index (κ2) is 8.35. The number of hydrogen-bond acceptors (Lipinski definition) is 5. The Morgan fingerprint density at radius 1 is 1.00 bits per heavy atom. The van der Waals surface area contributed by atoms with Gasteiger partial charge in [0.1, 0.15) is 23.2 Å². The van der Waals surface area contributed by atoms with Gasteiger partial charge in [-0.25, -0.2) is 0 Å². The van der Waals surface area contributed by atoms with E-state index < -0.39 is 10.8 Å². The highest BCUT2D eigenvalue weighted by Crippen LogP contribution is 2.27. The highest BCUT2D eigenvalue weighted by atomic mass is 16.6. The third-order valence-electron chi connectivity index (χ3n) is 4.63. The third kappa shape index (κ3) is 4.33. The number of fused-ring (bicyclic) bond motifs is 1. The van der Waals surface area contributed by atoms with E-state index in [-0.39, 0.29) is 17.0 Å². The summed E-state index contributed by atoms with van der Waals surface area (Å²) < 4.78 is 5.66. The van der Waals surface area contributed by atoms with Crippen LogP contribution in [0.5, 0.6) is 0 Å². The van der Waals surface area contributed by atoms with E-state index in [0.717, 1.165) is 10.8 Å². The predicted molar refractivity (Wildman–Crippen MR) is 117 cm³/mol. The summed E-state index contributed by atoms with van der Waals surface area (Å²) in [6.45, 7) is 0. The molecule has 0 unspecified atom stereocenters. The Balaban J connectivity index is 1.55. The summed E-state index contributed by atoms with van der Waals surface area (Å²) in [6.07, 6.45) is 1.33. The number of anilines is 1.